The number of rotatable bonds is 9. The Bertz CT molecular complexity index is 783. The van der Waals surface area contributed by atoms with Gasteiger partial charge in [0.05, 0.1) is 13.2 Å². The highest BCUT2D eigenvalue weighted by Crippen LogP contribution is 2.22. The highest BCUT2D eigenvalue weighted by Gasteiger charge is 2.16. The Labute approximate surface area is 182 Å². The number of ether oxygens (including phenoxy) is 1. The van der Waals surface area contributed by atoms with Gasteiger partial charge < -0.3 is 9.64 Å². The van der Waals surface area contributed by atoms with Crippen LogP contribution in [0.15, 0.2) is 42.7 Å². The van der Waals surface area contributed by atoms with Crippen LogP contribution in [-0.2, 0) is 22.5 Å². The van der Waals surface area contributed by atoms with Gasteiger partial charge in [-0.1, -0.05) is 29.3 Å². The molecule has 0 bridgehead atoms. The maximum atomic E-state index is 13.0. The number of halogens is 2. The van der Waals surface area contributed by atoms with Crippen LogP contribution < -0.4 is 0 Å². The molecule has 3 rings (SSSR count). The van der Waals surface area contributed by atoms with Crippen molar-refractivity contribution in [3.63, 3.8) is 0 Å². The molecule has 0 atom stereocenters. The summed E-state index contributed by atoms with van der Waals surface area (Å²) < 4.78 is 5.40. The minimum atomic E-state index is 0.134. The zero-order valence-electron chi connectivity index (χ0n) is 16.5. The van der Waals surface area contributed by atoms with Crippen LogP contribution >= 0.6 is 23.2 Å². The van der Waals surface area contributed by atoms with Crippen LogP contribution in [0.2, 0.25) is 10.0 Å². The second kappa shape index (κ2) is 11.5. The third-order valence-electron chi connectivity index (χ3n) is 5.10. The number of pyridine rings is 1. The van der Waals surface area contributed by atoms with Gasteiger partial charge in [0.25, 0.3) is 0 Å². The average molecular weight is 436 g/mol. The van der Waals surface area contributed by atoms with Crippen molar-refractivity contribution in [2.75, 3.05) is 39.4 Å². The van der Waals surface area contributed by atoms with Crippen molar-refractivity contribution in [2.24, 2.45) is 0 Å². The fourth-order valence-corrected chi connectivity index (χ4v) is 3.94. The molecule has 1 aromatic heterocycles. The Morgan fingerprint density at radius 3 is 2.62 bits per heavy atom. The quantitative estimate of drug-likeness (QED) is 0.595. The molecule has 1 aliphatic rings. The first-order chi connectivity index (χ1) is 14.1. The van der Waals surface area contributed by atoms with E-state index in [1.54, 1.807) is 18.5 Å². The molecule has 1 aliphatic heterocycles. The Balaban J connectivity index is 1.57. The number of carbonyl (C=O) groups excluding carboxylic acids is 1. The summed E-state index contributed by atoms with van der Waals surface area (Å²) in [5, 5.41) is 1.21. The first-order valence-corrected chi connectivity index (χ1v) is 10.8. The van der Waals surface area contributed by atoms with Gasteiger partial charge in [0.2, 0.25) is 5.91 Å². The number of benzene rings is 1. The van der Waals surface area contributed by atoms with Gasteiger partial charge in [-0.25, -0.2) is 0 Å². The number of aromatic nitrogens is 1. The van der Waals surface area contributed by atoms with Crippen molar-refractivity contribution in [2.45, 2.75) is 25.8 Å². The second-order valence-electron chi connectivity index (χ2n) is 7.21. The van der Waals surface area contributed by atoms with E-state index in [-0.39, 0.29) is 5.91 Å². The van der Waals surface area contributed by atoms with Crippen molar-refractivity contribution in [1.82, 2.24) is 14.8 Å². The molecule has 29 heavy (non-hydrogen) atoms. The van der Waals surface area contributed by atoms with Gasteiger partial charge in [0.15, 0.2) is 0 Å². The molecule has 156 valence electrons. The van der Waals surface area contributed by atoms with Gasteiger partial charge in [0.1, 0.15) is 0 Å². The Morgan fingerprint density at radius 2 is 1.90 bits per heavy atom. The molecule has 0 aliphatic carbocycles. The molecule has 1 amide bonds. The first kappa shape index (κ1) is 22.0. The molecule has 7 heteroatoms. The van der Waals surface area contributed by atoms with Crippen molar-refractivity contribution in [1.29, 1.82) is 0 Å². The minimum Gasteiger partial charge on any atom is -0.379 e. The lowest BCUT2D eigenvalue weighted by Gasteiger charge is -2.28. The van der Waals surface area contributed by atoms with Crippen molar-refractivity contribution >= 4 is 29.1 Å². The zero-order valence-corrected chi connectivity index (χ0v) is 18.0. The lowest BCUT2D eigenvalue weighted by molar-refractivity contribution is -0.132. The summed E-state index contributed by atoms with van der Waals surface area (Å²) in [5.41, 5.74) is 2.03. The minimum absolute atomic E-state index is 0.134. The van der Waals surface area contributed by atoms with Crippen LogP contribution in [0.3, 0.4) is 0 Å². The summed E-state index contributed by atoms with van der Waals surface area (Å²) in [6.07, 6.45) is 5.49. The molecule has 0 radical (unpaired) electrons. The van der Waals surface area contributed by atoms with Crippen molar-refractivity contribution < 1.29 is 9.53 Å². The van der Waals surface area contributed by atoms with Crippen LogP contribution in [-0.4, -0.2) is 60.1 Å². The zero-order chi connectivity index (χ0) is 20.5. The maximum Gasteiger partial charge on any atom is 0.223 e. The topological polar surface area (TPSA) is 45.7 Å². The Hall–Kier alpha value is -1.66. The molecule has 0 saturated carbocycles. The fraction of sp³-hybridized carbons (Fsp3) is 0.455. The van der Waals surface area contributed by atoms with Crippen LogP contribution in [0.5, 0.6) is 0 Å². The number of morpholine rings is 1. The summed E-state index contributed by atoms with van der Waals surface area (Å²) in [7, 11) is 0. The van der Waals surface area contributed by atoms with Crippen molar-refractivity contribution in [3.8, 4) is 0 Å². The lowest BCUT2D eigenvalue weighted by atomic mass is 10.1. The van der Waals surface area contributed by atoms with E-state index in [4.69, 9.17) is 27.9 Å². The highest BCUT2D eigenvalue weighted by molar-refractivity contribution is 6.35. The number of amides is 1. The molecule has 0 unspecified atom stereocenters. The lowest BCUT2D eigenvalue weighted by Crippen LogP contribution is -2.39. The van der Waals surface area contributed by atoms with Gasteiger partial charge in [-0.3, -0.25) is 14.7 Å². The summed E-state index contributed by atoms with van der Waals surface area (Å²) in [6.45, 7) is 5.82. The van der Waals surface area contributed by atoms with E-state index in [0.29, 0.717) is 29.4 Å². The number of nitrogens with zero attached hydrogens (tertiary/aromatic N) is 3. The predicted molar refractivity (Wildman–Crippen MR) is 116 cm³/mol. The first-order valence-electron chi connectivity index (χ1n) is 10.0. The maximum absolute atomic E-state index is 13.0. The summed E-state index contributed by atoms with van der Waals surface area (Å²) in [6, 6.07) is 9.34. The van der Waals surface area contributed by atoms with Gasteiger partial charge in [-0.15, -0.1) is 0 Å². The SMILES string of the molecule is O=C(CCc1ccc(Cl)cc1Cl)N(CCCN1CCOCC1)Cc1ccncc1. The molecule has 0 spiro atoms. The van der Waals surface area contributed by atoms with Crippen LogP contribution in [0.4, 0.5) is 0 Å². The van der Waals surface area contributed by atoms with Gasteiger partial charge in [-0.05, 0) is 48.2 Å². The smallest absolute Gasteiger partial charge is 0.223 e. The summed E-state index contributed by atoms with van der Waals surface area (Å²) >= 11 is 12.2. The van der Waals surface area contributed by atoms with E-state index in [9.17, 15) is 4.79 Å². The van der Waals surface area contributed by atoms with E-state index >= 15 is 0 Å². The van der Waals surface area contributed by atoms with Crippen LogP contribution in [0.1, 0.15) is 24.0 Å². The molecule has 1 fully saturated rings. The number of hydrogen-bond donors (Lipinski definition) is 0. The third kappa shape index (κ3) is 7.27. The number of aryl methyl sites for hydroxylation is 1. The van der Waals surface area contributed by atoms with Gasteiger partial charge >= 0.3 is 0 Å². The van der Waals surface area contributed by atoms with Crippen LogP contribution in [0, 0.1) is 0 Å². The summed E-state index contributed by atoms with van der Waals surface area (Å²) in [4.78, 5) is 21.4. The number of carbonyl (C=O) groups is 1. The third-order valence-corrected chi connectivity index (χ3v) is 5.69. The van der Waals surface area contributed by atoms with E-state index in [2.05, 4.69) is 9.88 Å². The molecular formula is C22H27Cl2N3O2. The number of hydrogen-bond acceptors (Lipinski definition) is 4. The van der Waals surface area contributed by atoms with Crippen LogP contribution in [0.25, 0.3) is 0 Å². The van der Waals surface area contributed by atoms with Gasteiger partial charge in [-0.2, -0.15) is 0 Å². The Morgan fingerprint density at radius 1 is 1.14 bits per heavy atom. The molecule has 1 saturated heterocycles. The van der Waals surface area contributed by atoms with Gasteiger partial charge in [0, 0.05) is 61.6 Å². The molecular weight excluding hydrogens is 409 g/mol. The highest BCUT2D eigenvalue weighted by atomic mass is 35.5. The molecule has 2 aromatic rings. The van der Waals surface area contributed by atoms with E-state index in [1.165, 1.54) is 0 Å². The normalized spacial score (nSPS) is 14.7. The van der Waals surface area contributed by atoms with Crippen molar-refractivity contribution in [3.05, 3.63) is 63.9 Å². The largest absolute Gasteiger partial charge is 0.379 e. The van der Waals surface area contributed by atoms with E-state index in [0.717, 1.165) is 56.9 Å². The standard InChI is InChI=1S/C22H27Cl2N3O2/c23-20-4-2-19(21(24)16-20)3-5-22(28)27(17-18-6-8-25-9-7-18)11-1-10-26-12-14-29-15-13-26/h2,4,6-9,16H,1,3,5,10-15,17H2. The molecule has 2 heterocycles. The fourth-order valence-electron chi connectivity index (χ4n) is 3.43. The second-order valence-corrected chi connectivity index (χ2v) is 8.06. The van der Waals surface area contributed by atoms with E-state index in [1.807, 2.05) is 29.2 Å². The molecule has 0 N–H and O–H groups in total. The predicted octanol–water partition coefficient (Wildman–Crippen LogP) is 4.07. The summed E-state index contributed by atoms with van der Waals surface area (Å²) in [5.74, 6) is 0.134. The molecule has 5 nitrogen and oxygen atoms in total. The monoisotopic (exact) mass is 435 g/mol. The molecule has 1 aromatic carbocycles. The van der Waals surface area contributed by atoms with E-state index < -0.39 is 0 Å². The Kier molecular flexibility index (Phi) is 8.74. The average Bonchev–Trinajstić information content (AvgIpc) is 2.74.